The number of hydrogen-bond acceptors (Lipinski definition) is 9. The Morgan fingerprint density at radius 2 is 1.10 bits per heavy atom. The molecule has 0 aliphatic carbocycles. The summed E-state index contributed by atoms with van der Waals surface area (Å²) in [6.45, 7) is 23.5. The van der Waals surface area contributed by atoms with Gasteiger partial charge in [0.25, 0.3) is 11.8 Å². The van der Waals surface area contributed by atoms with Crippen LogP contribution < -0.4 is 0 Å². The highest BCUT2D eigenvalue weighted by molar-refractivity contribution is 6.29. The lowest BCUT2D eigenvalue weighted by atomic mass is 10.1. The number of rotatable bonds is 0. The van der Waals surface area contributed by atoms with Crippen molar-refractivity contribution in [3.8, 4) is 0 Å². The fourth-order valence-corrected chi connectivity index (χ4v) is 5.35. The van der Waals surface area contributed by atoms with Crippen LogP contribution in [-0.2, 0) is 20.7 Å². The highest BCUT2D eigenvalue weighted by Crippen LogP contribution is 2.29. The number of amides is 4. The summed E-state index contributed by atoms with van der Waals surface area (Å²) in [6, 6.07) is 10.7. The smallest absolute Gasteiger partial charge is 0.262 e. The maximum absolute atomic E-state index is 12.0. The molecule has 50 heavy (non-hydrogen) atoms. The second-order valence-corrected chi connectivity index (χ2v) is 16.0. The lowest BCUT2D eigenvalue weighted by molar-refractivity contribution is -0.143. The van der Waals surface area contributed by atoms with E-state index in [9.17, 15) is 19.2 Å². The molecule has 13 nitrogen and oxygen atoms in total. The van der Waals surface area contributed by atoms with Crippen molar-refractivity contribution in [3.05, 3.63) is 65.1 Å². The summed E-state index contributed by atoms with van der Waals surface area (Å²) in [6.07, 6.45) is 4.06. The predicted octanol–water partition coefficient (Wildman–Crippen LogP) is 6.92. The number of likely N-dealkylation sites (tertiary alicyclic amines) is 1. The Balaban J connectivity index is 0.000000232. The Morgan fingerprint density at radius 1 is 0.620 bits per heavy atom. The van der Waals surface area contributed by atoms with Crippen LogP contribution in [0.2, 0.25) is 5.15 Å². The van der Waals surface area contributed by atoms with E-state index in [0.717, 1.165) is 11.2 Å². The van der Waals surface area contributed by atoms with Gasteiger partial charge in [-0.05, 0) is 107 Å². The molecule has 0 N–H and O–H groups in total. The first-order valence-electron chi connectivity index (χ1n) is 16.0. The molecule has 5 heterocycles. The lowest BCUT2D eigenvalue weighted by Crippen LogP contribution is -2.45. The molecule has 1 saturated heterocycles. The van der Waals surface area contributed by atoms with Crippen molar-refractivity contribution in [3.63, 3.8) is 0 Å². The third-order valence-electron chi connectivity index (χ3n) is 7.17. The van der Waals surface area contributed by atoms with E-state index in [4.69, 9.17) is 11.6 Å². The number of carbonyl (C=O) groups excluding carboxylic acids is 4. The SMILES string of the molecule is C.CC(C)(C)N1C(=O)CCC1=O.CC(C)(C)N1C(=O)c2ccccc2C1=O.CC(C)(C)n1nnc2cccnc21.CC(C)(C)n1nncc1Cl. The summed E-state index contributed by atoms with van der Waals surface area (Å²) >= 11 is 5.76. The Morgan fingerprint density at radius 3 is 1.46 bits per heavy atom. The molecule has 0 spiro atoms. The van der Waals surface area contributed by atoms with Gasteiger partial charge >= 0.3 is 0 Å². The summed E-state index contributed by atoms with van der Waals surface area (Å²) in [5, 5.41) is 16.2. The van der Waals surface area contributed by atoms with Crippen LogP contribution in [-0.4, -0.2) is 79.5 Å². The molecule has 14 heteroatoms. The lowest BCUT2D eigenvalue weighted by Gasteiger charge is -2.29. The molecule has 0 saturated carbocycles. The van der Waals surface area contributed by atoms with Crippen LogP contribution in [0.15, 0.2) is 48.8 Å². The largest absolute Gasteiger partial charge is 0.277 e. The number of pyridine rings is 1. The molecule has 1 aromatic carbocycles. The minimum atomic E-state index is -0.465. The van der Waals surface area contributed by atoms with Crippen molar-refractivity contribution in [1.29, 1.82) is 0 Å². The van der Waals surface area contributed by atoms with Crippen molar-refractivity contribution < 1.29 is 19.2 Å². The zero-order valence-electron chi connectivity index (χ0n) is 30.6. The average Bonchev–Trinajstić information content (AvgIpc) is 3.74. The fraction of sp³-hybridized carbons (Fsp3) is 0.528. The quantitative estimate of drug-likeness (QED) is 0.177. The zero-order valence-corrected chi connectivity index (χ0v) is 31.3. The second-order valence-electron chi connectivity index (χ2n) is 15.6. The summed E-state index contributed by atoms with van der Waals surface area (Å²) in [5.41, 5.74) is 1.76. The molecule has 6 rings (SSSR count). The van der Waals surface area contributed by atoms with Crippen molar-refractivity contribution in [2.24, 2.45) is 0 Å². The molecule has 2 aliphatic rings. The van der Waals surface area contributed by atoms with E-state index in [1.165, 1.54) is 16.0 Å². The molecule has 0 unspecified atom stereocenters. The van der Waals surface area contributed by atoms with Gasteiger partial charge in [0.15, 0.2) is 5.65 Å². The third-order valence-corrected chi connectivity index (χ3v) is 7.43. The summed E-state index contributed by atoms with van der Waals surface area (Å²) in [7, 11) is 0. The van der Waals surface area contributed by atoms with Gasteiger partial charge in [-0.15, -0.1) is 10.2 Å². The third kappa shape index (κ3) is 9.80. The first-order valence-corrected chi connectivity index (χ1v) is 16.4. The van der Waals surface area contributed by atoms with Crippen molar-refractivity contribution >= 4 is 46.4 Å². The Kier molecular flexibility index (Phi) is 13.0. The molecule has 0 bridgehead atoms. The van der Waals surface area contributed by atoms with Crippen LogP contribution in [0.3, 0.4) is 0 Å². The minimum Gasteiger partial charge on any atom is -0.277 e. The van der Waals surface area contributed by atoms with Gasteiger partial charge in [-0.2, -0.15) is 0 Å². The number of aromatic nitrogens is 7. The standard InChI is InChI=1S/C12H13NO2.C9H12N4.C8H13NO2.C6H10ClN3.CH4/c1-12(2,3)13-10(14)8-6-4-5-7-9(8)11(13)15;1-9(2,3)13-8-7(11-12-13)5-4-6-10-8;1-8(2,3)9-6(10)4-5-7(9)11;1-6(2,3)10-5(7)4-8-9-10;/h4-7H,1-3H3;4-6H,1-3H3;4-5H2,1-3H3;4H,1-3H3;1H4. The molecule has 0 atom stereocenters. The van der Waals surface area contributed by atoms with Crippen LogP contribution in [0, 0.1) is 0 Å². The number of hydrogen-bond donors (Lipinski definition) is 0. The van der Waals surface area contributed by atoms with E-state index < -0.39 is 5.54 Å². The summed E-state index contributed by atoms with van der Waals surface area (Å²) in [4.78, 5) is 53.1. The van der Waals surface area contributed by atoms with Gasteiger partial charge in [0.2, 0.25) is 11.8 Å². The molecule has 4 amide bonds. The number of fused-ring (bicyclic) bond motifs is 2. The monoisotopic (exact) mass is 709 g/mol. The fourth-order valence-electron chi connectivity index (χ4n) is 5.02. The number of halogens is 1. The van der Waals surface area contributed by atoms with E-state index in [-0.39, 0.29) is 47.7 Å². The molecule has 4 aromatic rings. The van der Waals surface area contributed by atoms with E-state index in [1.54, 1.807) is 35.1 Å². The Bertz CT molecular complexity index is 1770. The second kappa shape index (κ2) is 15.6. The van der Waals surface area contributed by atoms with Crippen LogP contribution in [0.25, 0.3) is 11.2 Å². The van der Waals surface area contributed by atoms with Gasteiger partial charge < -0.3 is 0 Å². The van der Waals surface area contributed by atoms with Gasteiger partial charge in [-0.25, -0.2) is 14.3 Å². The van der Waals surface area contributed by atoms with E-state index >= 15 is 0 Å². The molecule has 2 aliphatic heterocycles. The molecule has 1 fully saturated rings. The number of imide groups is 2. The predicted molar refractivity (Wildman–Crippen MR) is 195 cm³/mol. The van der Waals surface area contributed by atoms with Gasteiger partial charge in [-0.3, -0.25) is 29.0 Å². The van der Waals surface area contributed by atoms with E-state index in [1.807, 2.05) is 79.1 Å². The Hall–Kier alpha value is -4.52. The van der Waals surface area contributed by atoms with E-state index in [0.29, 0.717) is 29.1 Å². The molecular weight excluding hydrogens is 658 g/mol. The molecular formula is C36H52ClN9O4. The first-order chi connectivity index (χ1) is 22.5. The zero-order chi connectivity index (χ0) is 37.1. The molecule has 272 valence electrons. The van der Waals surface area contributed by atoms with Crippen molar-refractivity contribution in [2.75, 3.05) is 0 Å². The van der Waals surface area contributed by atoms with Gasteiger partial charge in [-0.1, -0.05) is 41.6 Å². The van der Waals surface area contributed by atoms with Crippen LogP contribution >= 0.6 is 11.6 Å². The van der Waals surface area contributed by atoms with Gasteiger partial charge in [0.05, 0.1) is 28.4 Å². The maximum Gasteiger partial charge on any atom is 0.262 e. The summed E-state index contributed by atoms with van der Waals surface area (Å²) in [5.74, 6) is -0.462. The van der Waals surface area contributed by atoms with Gasteiger partial charge in [0.1, 0.15) is 10.7 Å². The van der Waals surface area contributed by atoms with Gasteiger partial charge in [0, 0.05) is 30.1 Å². The first kappa shape index (κ1) is 41.7. The van der Waals surface area contributed by atoms with Crippen molar-refractivity contribution in [1.82, 2.24) is 44.8 Å². The van der Waals surface area contributed by atoms with Crippen molar-refractivity contribution in [2.45, 2.75) is 126 Å². The van der Waals surface area contributed by atoms with E-state index in [2.05, 4.69) is 46.4 Å². The average molecular weight is 710 g/mol. The number of nitrogens with zero attached hydrogens (tertiary/aromatic N) is 9. The number of benzene rings is 1. The topological polar surface area (TPSA) is 149 Å². The Labute approximate surface area is 300 Å². The highest BCUT2D eigenvalue weighted by Gasteiger charge is 2.41. The highest BCUT2D eigenvalue weighted by atomic mass is 35.5. The normalized spacial score (nSPS) is 14.7. The summed E-state index contributed by atoms with van der Waals surface area (Å²) < 4.78 is 3.51. The molecule has 3 aromatic heterocycles. The van der Waals surface area contributed by atoms with Crippen LogP contribution in [0.5, 0.6) is 0 Å². The molecule has 0 radical (unpaired) electrons. The minimum absolute atomic E-state index is 0. The number of carbonyl (C=O) groups is 4. The maximum atomic E-state index is 12.0. The van der Waals surface area contributed by atoms with Crippen LogP contribution in [0.4, 0.5) is 0 Å². The van der Waals surface area contributed by atoms with Crippen LogP contribution in [0.1, 0.15) is 124 Å².